The molecule has 1 fully saturated rings. The van der Waals surface area contributed by atoms with Gasteiger partial charge in [0.2, 0.25) is 5.91 Å². The molecule has 0 aliphatic carbocycles. The van der Waals surface area contributed by atoms with Crippen LogP contribution in [0.2, 0.25) is 0 Å². The van der Waals surface area contributed by atoms with E-state index in [0.29, 0.717) is 0 Å². The average molecular weight is 379 g/mol. The standard InChI is InChI=1S/C24H30N2O2/c1-2-13-24(20-9-4-3-5-10-20)21-11-6-7-12-22(21)26(23(24)27)15-8-14-25-16-18-28-19-17-25/h3-7,9-12H,2,8,13-19H2,1H3. The number of benzene rings is 2. The number of amides is 1. The number of hydrogen-bond acceptors (Lipinski definition) is 3. The minimum Gasteiger partial charge on any atom is -0.379 e. The van der Waals surface area contributed by atoms with Gasteiger partial charge in [0.05, 0.1) is 13.2 Å². The first-order valence-electron chi connectivity index (χ1n) is 10.5. The van der Waals surface area contributed by atoms with Crippen LogP contribution in [0.3, 0.4) is 0 Å². The fraction of sp³-hybridized carbons (Fsp3) is 0.458. The van der Waals surface area contributed by atoms with Crippen molar-refractivity contribution in [2.24, 2.45) is 0 Å². The molecule has 2 aliphatic rings. The molecular weight excluding hydrogens is 348 g/mol. The second kappa shape index (κ2) is 8.46. The van der Waals surface area contributed by atoms with E-state index >= 15 is 0 Å². The zero-order chi connectivity index (χ0) is 19.4. The Kier molecular flexibility index (Phi) is 5.79. The summed E-state index contributed by atoms with van der Waals surface area (Å²) in [6.07, 6.45) is 2.79. The zero-order valence-corrected chi connectivity index (χ0v) is 16.8. The highest BCUT2D eigenvalue weighted by atomic mass is 16.5. The summed E-state index contributed by atoms with van der Waals surface area (Å²) in [5, 5.41) is 0. The number of rotatable bonds is 7. The van der Waals surface area contributed by atoms with Crippen LogP contribution in [0, 0.1) is 0 Å². The van der Waals surface area contributed by atoms with Gasteiger partial charge in [-0.25, -0.2) is 0 Å². The smallest absolute Gasteiger partial charge is 0.242 e. The van der Waals surface area contributed by atoms with Crippen LogP contribution in [0.25, 0.3) is 0 Å². The summed E-state index contributed by atoms with van der Waals surface area (Å²) in [5.41, 5.74) is 2.82. The second-order valence-electron chi connectivity index (χ2n) is 7.80. The number of hydrogen-bond donors (Lipinski definition) is 0. The zero-order valence-electron chi connectivity index (χ0n) is 16.8. The first-order chi connectivity index (χ1) is 13.8. The molecule has 148 valence electrons. The van der Waals surface area contributed by atoms with Crippen LogP contribution in [-0.2, 0) is 14.9 Å². The van der Waals surface area contributed by atoms with E-state index in [1.54, 1.807) is 0 Å². The van der Waals surface area contributed by atoms with E-state index in [4.69, 9.17) is 4.74 Å². The van der Waals surface area contributed by atoms with Crippen molar-refractivity contribution in [3.05, 3.63) is 65.7 Å². The van der Waals surface area contributed by atoms with Crippen molar-refractivity contribution in [3.8, 4) is 0 Å². The summed E-state index contributed by atoms with van der Waals surface area (Å²) in [6, 6.07) is 18.7. The van der Waals surface area contributed by atoms with E-state index in [-0.39, 0.29) is 5.91 Å². The Morgan fingerprint density at radius 1 is 0.964 bits per heavy atom. The molecule has 4 nitrogen and oxygen atoms in total. The van der Waals surface area contributed by atoms with Crippen molar-refractivity contribution in [3.63, 3.8) is 0 Å². The molecule has 1 saturated heterocycles. The van der Waals surface area contributed by atoms with Crippen LogP contribution in [0.15, 0.2) is 54.6 Å². The maximum Gasteiger partial charge on any atom is 0.242 e. The molecule has 0 saturated carbocycles. The molecule has 1 atom stereocenters. The maximum atomic E-state index is 13.8. The predicted molar refractivity (Wildman–Crippen MR) is 113 cm³/mol. The number of para-hydroxylation sites is 1. The number of anilines is 1. The Bertz CT molecular complexity index is 801. The molecule has 0 radical (unpaired) electrons. The SMILES string of the molecule is CCCC1(c2ccccc2)C(=O)N(CCCN2CCOCC2)c2ccccc21. The molecule has 1 unspecified atom stereocenters. The third kappa shape index (κ3) is 3.36. The minimum absolute atomic E-state index is 0.240. The van der Waals surface area contributed by atoms with Crippen LogP contribution in [-0.4, -0.2) is 50.2 Å². The molecule has 4 rings (SSSR count). The second-order valence-corrected chi connectivity index (χ2v) is 7.80. The van der Waals surface area contributed by atoms with Gasteiger partial charge in [0.15, 0.2) is 0 Å². The van der Waals surface area contributed by atoms with Gasteiger partial charge in [0.1, 0.15) is 5.41 Å². The summed E-state index contributed by atoms with van der Waals surface area (Å²) in [7, 11) is 0. The predicted octanol–water partition coefficient (Wildman–Crippen LogP) is 3.84. The lowest BCUT2D eigenvalue weighted by Crippen LogP contribution is -2.43. The minimum atomic E-state index is -0.550. The van der Waals surface area contributed by atoms with Crippen LogP contribution >= 0.6 is 0 Å². The molecule has 4 heteroatoms. The van der Waals surface area contributed by atoms with Gasteiger partial charge >= 0.3 is 0 Å². The lowest BCUT2D eigenvalue weighted by molar-refractivity contribution is -0.122. The lowest BCUT2D eigenvalue weighted by atomic mass is 9.72. The van der Waals surface area contributed by atoms with Crippen molar-refractivity contribution < 1.29 is 9.53 Å². The molecule has 0 spiro atoms. The number of nitrogens with zero attached hydrogens (tertiary/aromatic N) is 2. The number of fused-ring (bicyclic) bond motifs is 1. The molecule has 0 N–H and O–H groups in total. The highest BCUT2D eigenvalue weighted by Gasteiger charge is 2.50. The van der Waals surface area contributed by atoms with Gasteiger partial charge in [-0.3, -0.25) is 9.69 Å². The first kappa shape index (κ1) is 19.2. The molecule has 2 aliphatic heterocycles. The molecule has 0 bridgehead atoms. The lowest BCUT2D eigenvalue weighted by Gasteiger charge is -2.30. The Hall–Kier alpha value is -2.17. The number of ether oxygens (including phenoxy) is 1. The summed E-state index contributed by atoms with van der Waals surface area (Å²) in [5.74, 6) is 0.240. The van der Waals surface area contributed by atoms with Crippen LogP contribution < -0.4 is 4.90 Å². The average Bonchev–Trinajstić information content (AvgIpc) is 2.99. The fourth-order valence-corrected chi connectivity index (χ4v) is 4.79. The van der Waals surface area contributed by atoms with Gasteiger partial charge < -0.3 is 9.64 Å². The van der Waals surface area contributed by atoms with E-state index in [2.05, 4.69) is 42.2 Å². The Labute approximate surface area is 168 Å². The quantitative estimate of drug-likeness (QED) is 0.734. The normalized spacial score (nSPS) is 22.5. The Morgan fingerprint density at radius 2 is 1.68 bits per heavy atom. The molecule has 2 heterocycles. The molecule has 1 amide bonds. The third-order valence-electron chi connectivity index (χ3n) is 6.12. The van der Waals surface area contributed by atoms with Gasteiger partial charge in [-0.15, -0.1) is 0 Å². The summed E-state index contributed by atoms with van der Waals surface area (Å²) < 4.78 is 5.44. The van der Waals surface area contributed by atoms with Gasteiger partial charge in [0, 0.05) is 31.9 Å². The van der Waals surface area contributed by atoms with Crippen molar-refractivity contribution in [2.75, 3.05) is 44.3 Å². The van der Waals surface area contributed by atoms with E-state index in [1.165, 1.54) is 5.56 Å². The van der Waals surface area contributed by atoms with Gasteiger partial charge in [-0.2, -0.15) is 0 Å². The highest BCUT2D eigenvalue weighted by molar-refractivity contribution is 6.10. The molecule has 0 aromatic heterocycles. The summed E-state index contributed by atoms with van der Waals surface area (Å²) in [6.45, 7) is 7.58. The van der Waals surface area contributed by atoms with Crippen LogP contribution in [0.1, 0.15) is 37.3 Å². The van der Waals surface area contributed by atoms with Gasteiger partial charge in [0.25, 0.3) is 0 Å². The van der Waals surface area contributed by atoms with Gasteiger partial charge in [-0.05, 0) is 30.0 Å². The number of carbonyl (C=O) groups is 1. The molecule has 2 aromatic rings. The van der Waals surface area contributed by atoms with Gasteiger partial charge in [-0.1, -0.05) is 61.9 Å². The Morgan fingerprint density at radius 3 is 2.43 bits per heavy atom. The van der Waals surface area contributed by atoms with E-state index < -0.39 is 5.41 Å². The number of morpholine rings is 1. The first-order valence-corrected chi connectivity index (χ1v) is 10.5. The van der Waals surface area contributed by atoms with E-state index in [0.717, 1.165) is 69.9 Å². The van der Waals surface area contributed by atoms with Crippen molar-refractivity contribution in [2.45, 2.75) is 31.6 Å². The monoisotopic (exact) mass is 378 g/mol. The molecular formula is C24H30N2O2. The fourth-order valence-electron chi connectivity index (χ4n) is 4.79. The van der Waals surface area contributed by atoms with Crippen molar-refractivity contribution in [1.82, 2.24) is 4.90 Å². The topological polar surface area (TPSA) is 32.8 Å². The Balaban J connectivity index is 1.61. The summed E-state index contributed by atoms with van der Waals surface area (Å²) in [4.78, 5) is 18.3. The van der Waals surface area contributed by atoms with E-state index in [1.807, 2.05) is 29.2 Å². The molecule has 28 heavy (non-hydrogen) atoms. The van der Waals surface area contributed by atoms with Crippen LogP contribution in [0.5, 0.6) is 0 Å². The number of carbonyl (C=O) groups excluding carboxylic acids is 1. The largest absolute Gasteiger partial charge is 0.379 e. The third-order valence-corrected chi connectivity index (χ3v) is 6.12. The van der Waals surface area contributed by atoms with E-state index in [9.17, 15) is 4.79 Å². The van der Waals surface area contributed by atoms with Crippen LogP contribution in [0.4, 0.5) is 5.69 Å². The highest BCUT2D eigenvalue weighted by Crippen LogP contribution is 2.48. The van der Waals surface area contributed by atoms with Crippen molar-refractivity contribution in [1.29, 1.82) is 0 Å². The molecule has 2 aromatic carbocycles. The maximum absolute atomic E-state index is 13.8. The summed E-state index contributed by atoms with van der Waals surface area (Å²) >= 11 is 0. The van der Waals surface area contributed by atoms with Crippen molar-refractivity contribution >= 4 is 11.6 Å².